The van der Waals surface area contributed by atoms with Crippen molar-refractivity contribution in [3.8, 4) is 0 Å². The number of nitrogens with one attached hydrogen (secondary N) is 1. The van der Waals surface area contributed by atoms with Crippen molar-refractivity contribution in [2.24, 2.45) is 0 Å². The maximum atomic E-state index is 12.6. The van der Waals surface area contributed by atoms with Crippen LogP contribution in [-0.4, -0.2) is 42.1 Å². The number of amides is 2. The quantitative estimate of drug-likeness (QED) is 0.754. The van der Waals surface area contributed by atoms with E-state index in [0.29, 0.717) is 24.9 Å². The minimum atomic E-state index is -4.36. The molecule has 1 aromatic carbocycles. The average Bonchev–Trinajstić information content (AvgIpc) is 2.48. The Morgan fingerprint density at radius 2 is 2.00 bits per heavy atom. The maximum Gasteiger partial charge on any atom is 0.416 e. The first kappa shape index (κ1) is 18.8. The summed E-state index contributed by atoms with van der Waals surface area (Å²) in [6, 6.07) is 4.67. The van der Waals surface area contributed by atoms with Gasteiger partial charge < -0.3 is 15.3 Å². The topological polar surface area (TPSA) is 69.6 Å². The number of hydrogen-bond donors (Lipinski definition) is 2. The molecule has 128 valence electrons. The molecule has 0 radical (unpaired) electrons. The number of carbonyl (C=O) groups is 2. The average molecular weight is 332 g/mol. The molecular weight excluding hydrogens is 313 g/mol. The molecule has 2 N–H and O–H groups in total. The molecule has 0 aliphatic rings. The fourth-order valence-electron chi connectivity index (χ4n) is 1.89. The van der Waals surface area contributed by atoms with E-state index < -0.39 is 23.7 Å². The minimum Gasteiger partial charge on any atom is -0.481 e. The molecule has 0 saturated carbocycles. The van der Waals surface area contributed by atoms with E-state index >= 15 is 0 Å². The predicted octanol–water partition coefficient (Wildman–Crippen LogP) is 2.75. The van der Waals surface area contributed by atoms with E-state index in [-0.39, 0.29) is 13.0 Å². The summed E-state index contributed by atoms with van der Waals surface area (Å²) in [4.78, 5) is 23.3. The van der Waals surface area contributed by atoms with Crippen LogP contribution in [0, 0.1) is 0 Å². The van der Waals surface area contributed by atoms with E-state index in [1.54, 1.807) is 6.07 Å². The first-order chi connectivity index (χ1) is 10.7. The Bertz CT molecular complexity index is 547. The highest BCUT2D eigenvalue weighted by molar-refractivity contribution is 5.74. The molecule has 5 nitrogen and oxygen atoms in total. The second-order valence-electron chi connectivity index (χ2n) is 5.10. The fraction of sp³-hybridized carbons (Fsp3) is 0.467. The van der Waals surface area contributed by atoms with Crippen LogP contribution in [0.2, 0.25) is 0 Å². The Hall–Kier alpha value is -2.25. The number of carbonyl (C=O) groups excluding carboxylic acids is 1. The summed E-state index contributed by atoms with van der Waals surface area (Å²) in [6.45, 7) is 0.390. The lowest BCUT2D eigenvalue weighted by Gasteiger charge is -2.16. The number of benzene rings is 1. The lowest BCUT2D eigenvalue weighted by atomic mass is 10.1. The van der Waals surface area contributed by atoms with Crippen LogP contribution in [0.4, 0.5) is 18.0 Å². The monoisotopic (exact) mass is 332 g/mol. The molecule has 0 heterocycles. The molecule has 0 spiro atoms. The third-order valence-corrected chi connectivity index (χ3v) is 3.18. The molecule has 8 heteroatoms. The number of halogens is 3. The van der Waals surface area contributed by atoms with Gasteiger partial charge in [0.2, 0.25) is 0 Å². The van der Waals surface area contributed by atoms with E-state index in [4.69, 9.17) is 5.11 Å². The summed E-state index contributed by atoms with van der Waals surface area (Å²) in [5, 5.41) is 11.1. The molecule has 0 bridgehead atoms. The van der Waals surface area contributed by atoms with Gasteiger partial charge in [-0.15, -0.1) is 0 Å². The molecular formula is C15H19F3N2O3. The van der Waals surface area contributed by atoms with Gasteiger partial charge in [-0.25, -0.2) is 4.79 Å². The zero-order chi connectivity index (χ0) is 17.5. The second kappa shape index (κ2) is 8.40. The summed E-state index contributed by atoms with van der Waals surface area (Å²) in [7, 11) is 1.48. The number of nitrogens with zero attached hydrogens (tertiary/aromatic N) is 1. The van der Waals surface area contributed by atoms with Crippen molar-refractivity contribution in [3.05, 3.63) is 35.4 Å². The van der Waals surface area contributed by atoms with Crippen molar-refractivity contribution < 1.29 is 27.9 Å². The molecule has 0 atom stereocenters. The van der Waals surface area contributed by atoms with Crippen molar-refractivity contribution >= 4 is 12.0 Å². The van der Waals surface area contributed by atoms with Gasteiger partial charge in [0.05, 0.1) is 12.0 Å². The van der Waals surface area contributed by atoms with E-state index in [2.05, 4.69) is 5.32 Å². The first-order valence-electron chi connectivity index (χ1n) is 7.07. The normalized spacial score (nSPS) is 11.1. The van der Waals surface area contributed by atoms with Crippen LogP contribution in [-0.2, 0) is 17.4 Å². The van der Waals surface area contributed by atoms with Crippen LogP contribution < -0.4 is 5.32 Å². The van der Waals surface area contributed by atoms with Crippen LogP contribution in [0.3, 0.4) is 0 Å². The molecule has 0 aromatic heterocycles. The SMILES string of the molecule is CN(CCC(=O)O)C(=O)NCCCc1cccc(C(F)(F)F)c1. The van der Waals surface area contributed by atoms with Crippen molar-refractivity contribution in [2.75, 3.05) is 20.1 Å². The van der Waals surface area contributed by atoms with E-state index in [0.717, 1.165) is 12.1 Å². The smallest absolute Gasteiger partial charge is 0.416 e. The van der Waals surface area contributed by atoms with E-state index in [1.165, 1.54) is 18.0 Å². The number of hydrogen-bond acceptors (Lipinski definition) is 2. The Balaban J connectivity index is 2.35. The van der Waals surface area contributed by atoms with Crippen LogP contribution >= 0.6 is 0 Å². The Morgan fingerprint density at radius 1 is 1.30 bits per heavy atom. The van der Waals surface area contributed by atoms with Gasteiger partial charge in [-0.1, -0.05) is 18.2 Å². The molecule has 1 rings (SSSR count). The van der Waals surface area contributed by atoms with Crippen molar-refractivity contribution in [1.29, 1.82) is 0 Å². The molecule has 0 aliphatic carbocycles. The number of rotatable bonds is 7. The third-order valence-electron chi connectivity index (χ3n) is 3.18. The second-order valence-corrected chi connectivity index (χ2v) is 5.10. The number of urea groups is 1. The summed E-state index contributed by atoms with van der Waals surface area (Å²) >= 11 is 0. The molecule has 0 aliphatic heterocycles. The number of alkyl halides is 3. The van der Waals surface area contributed by atoms with Gasteiger partial charge in [0.1, 0.15) is 0 Å². The van der Waals surface area contributed by atoms with Gasteiger partial charge in [-0.05, 0) is 24.5 Å². The summed E-state index contributed by atoms with van der Waals surface area (Å²) < 4.78 is 37.7. The standard InChI is InChI=1S/C15H19F3N2O3/c1-20(9-7-13(21)22)14(23)19-8-3-5-11-4-2-6-12(10-11)15(16,17)18/h2,4,6,10H,3,5,7-9H2,1H3,(H,19,23)(H,21,22). The number of aliphatic carboxylic acids is 1. The fourth-order valence-corrected chi connectivity index (χ4v) is 1.89. The van der Waals surface area contributed by atoms with Gasteiger partial charge in [-0.3, -0.25) is 4.79 Å². The van der Waals surface area contributed by atoms with Gasteiger partial charge in [-0.2, -0.15) is 13.2 Å². The maximum absolute atomic E-state index is 12.6. The van der Waals surface area contributed by atoms with Gasteiger partial charge in [0.25, 0.3) is 0 Å². The van der Waals surface area contributed by atoms with Crippen molar-refractivity contribution in [1.82, 2.24) is 10.2 Å². The van der Waals surface area contributed by atoms with E-state index in [9.17, 15) is 22.8 Å². The largest absolute Gasteiger partial charge is 0.481 e. The molecule has 0 fully saturated rings. The number of aryl methyl sites for hydroxylation is 1. The highest BCUT2D eigenvalue weighted by Crippen LogP contribution is 2.29. The Labute approximate surface area is 132 Å². The summed E-state index contributed by atoms with van der Waals surface area (Å²) in [5.41, 5.74) is -0.138. The van der Waals surface area contributed by atoms with Crippen LogP contribution in [0.15, 0.2) is 24.3 Å². The Morgan fingerprint density at radius 3 is 2.61 bits per heavy atom. The van der Waals surface area contributed by atoms with E-state index in [1.807, 2.05) is 0 Å². The predicted molar refractivity (Wildman–Crippen MR) is 78.0 cm³/mol. The highest BCUT2D eigenvalue weighted by atomic mass is 19.4. The third kappa shape index (κ3) is 7.03. The zero-order valence-electron chi connectivity index (χ0n) is 12.7. The van der Waals surface area contributed by atoms with Crippen LogP contribution in [0.1, 0.15) is 24.0 Å². The van der Waals surface area contributed by atoms with Gasteiger partial charge in [0.15, 0.2) is 0 Å². The van der Waals surface area contributed by atoms with Crippen LogP contribution in [0.5, 0.6) is 0 Å². The molecule has 2 amide bonds. The van der Waals surface area contributed by atoms with Gasteiger partial charge >= 0.3 is 18.2 Å². The first-order valence-corrected chi connectivity index (χ1v) is 7.07. The zero-order valence-corrected chi connectivity index (χ0v) is 12.7. The highest BCUT2D eigenvalue weighted by Gasteiger charge is 2.30. The minimum absolute atomic E-state index is 0.0921. The molecule has 0 unspecified atom stereocenters. The van der Waals surface area contributed by atoms with Crippen molar-refractivity contribution in [2.45, 2.75) is 25.4 Å². The lowest BCUT2D eigenvalue weighted by molar-refractivity contribution is -0.138. The summed E-state index contributed by atoms with van der Waals surface area (Å²) in [5.74, 6) is -0.991. The summed E-state index contributed by atoms with van der Waals surface area (Å²) in [6.07, 6.45) is -3.62. The molecule has 0 saturated heterocycles. The molecule has 1 aromatic rings. The number of carboxylic acid groups (broad SMARTS) is 1. The Kier molecular flexibility index (Phi) is 6.87. The number of carboxylic acids is 1. The van der Waals surface area contributed by atoms with Crippen LogP contribution in [0.25, 0.3) is 0 Å². The van der Waals surface area contributed by atoms with Gasteiger partial charge in [0, 0.05) is 20.1 Å². The lowest BCUT2D eigenvalue weighted by Crippen LogP contribution is -2.38. The molecule has 23 heavy (non-hydrogen) atoms. The van der Waals surface area contributed by atoms with Crippen molar-refractivity contribution in [3.63, 3.8) is 0 Å².